The van der Waals surface area contributed by atoms with Crippen LogP contribution in [0.5, 0.6) is 5.75 Å². The van der Waals surface area contributed by atoms with Gasteiger partial charge in [0, 0.05) is 40.6 Å². The topological polar surface area (TPSA) is 64.1 Å². The van der Waals surface area contributed by atoms with Crippen LogP contribution in [0, 0.1) is 5.82 Å². The highest BCUT2D eigenvalue weighted by molar-refractivity contribution is 5.97. The molecule has 0 spiro atoms. The van der Waals surface area contributed by atoms with Gasteiger partial charge in [0.05, 0.1) is 13.2 Å². The van der Waals surface area contributed by atoms with Crippen molar-refractivity contribution >= 4 is 17.2 Å². The van der Waals surface area contributed by atoms with Gasteiger partial charge in [0.15, 0.2) is 12.0 Å². The van der Waals surface area contributed by atoms with Gasteiger partial charge in [0.2, 0.25) is 5.43 Å². The largest absolute Gasteiger partial charge is 0.488 e. The van der Waals surface area contributed by atoms with Gasteiger partial charge in [-0.2, -0.15) is 0 Å². The smallest absolute Gasteiger partial charge is 0.223 e. The van der Waals surface area contributed by atoms with Crippen LogP contribution in [0.1, 0.15) is 29.4 Å². The average Bonchev–Trinajstić information content (AvgIpc) is 2.91. The molecule has 0 aliphatic heterocycles. The summed E-state index contributed by atoms with van der Waals surface area (Å²) in [6.45, 7) is 2.81. The number of hydrogen-bond donors (Lipinski definition) is 1. The average molecular weight is 328 g/mol. The van der Waals surface area contributed by atoms with Crippen molar-refractivity contribution in [1.82, 2.24) is 9.55 Å². The first-order valence-electron chi connectivity index (χ1n) is 7.70. The van der Waals surface area contributed by atoms with E-state index in [4.69, 9.17) is 4.74 Å². The Bertz CT molecular complexity index is 943. The molecule has 0 aliphatic carbocycles. The van der Waals surface area contributed by atoms with Gasteiger partial charge < -0.3 is 14.3 Å². The Hall–Kier alpha value is -2.89. The molecule has 3 rings (SSSR count). The molecule has 0 saturated heterocycles. The fourth-order valence-corrected chi connectivity index (χ4v) is 2.62. The van der Waals surface area contributed by atoms with E-state index in [2.05, 4.69) is 4.98 Å². The summed E-state index contributed by atoms with van der Waals surface area (Å²) >= 11 is 0. The minimum Gasteiger partial charge on any atom is -0.488 e. The molecule has 3 aromatic rings. The van der Waals surface area contributed by atoms with Crippen LogP contribution >= 0.6 is 0 Å². The first-order chi connectivity index (χ1) is 11.6. The Morgan fingerprint density at radius 2 is 2.17 bits per heavy atom. The predicted octanol–water partition coefficient (Wildman–Crippen LogP) is 3.12. The lowest BCUT2D eigenvalue weighted by Crippen LogP contribution is -2.11. The third-order valence-corrected chi connectivity index (χ3v) is 3.74. The second-order valence-corrected chi connectivity index (χ2v) is 5.53. The second-order valence-electron chi connectivity index (χ2n) is 5.53. The molecule has 2 heterocycles. The van der Waals surface area contributed by atoms with Gasteiger partial charge in [-0.15, -0.1) is 0 Å². The van der Waals surface area contributed by atoms with Gasteiger partial charge in [-0.3, -0.25) is 9.59 Å². The molecule has 0 aliphatic rings. The van der Waals surface area contributed by atoms with Gasteiger partial charge in [0.25, 0.3) is 0 Å². The molecule has 0 fully saturated rings. The summed E-state index contributed by atoms with van der Waals surface area (Å²) in [4.78, 5) is 26.3. The lowest BCUT2D eigenvalue weighted by atomic mass is 10.2. The van der Waals surface area contributed by atoms with Crippen LogP contribution in [-0.4, -0.2) is 22.4 Å². The number of halogens is 1. The number of aromatic nitrogens is 2. The highest BCUT2D eigenvalue weighted by Gasteiger charge is 2.10. The normalized spacial score (nSPS) is 10.9. The number of carbonyl (C=O) groups is 1. The van der Waals surface area contributed by atoms with Crippen molar-refractivity contribution in [3.05, 3.63) is 64.0 Å². The van der Waals surface area contributed by atoms with Gasteiger partial charge in [-0.25, -0.2) is 4.39 Å². The monoisotopic (exact) mass is 328 g/mol. The Kier molecular flexibility index (Phi) is 4.46. The van der Waals surface area contributed by atoms with Crippen LogP contribution in [0.3, 0.4) is 0 Å². The van der Waals surface area contributed by atoms with E-state index in [1.807, 2.05) is 6.92 Å². The van der Waals surface area contributed by atoms with E-state index < -0.39 is 5.82 Å². The molecule has 2 aromatic heterocycles. The fraction of sp³-hybridized carbons (Fsp3) is 0.222. The van der Waals surface area contributed by atoms with Crippen molar-refractivity contribution in [2.45, 2.75) is 19.9 Å². The van der Waals surface area contributed by atoms with Crippen LogP contribution in [0.15, 0.2) is 41.5 Å². The molecule has 24 heavy (non-hydrogen) atoms. The van der Waals surface area contributed by atoms with Crippen LogP contribution in [0.4, 0.5) is 4.39 Å². The highest BCUT2D eigenvalue weighted by atomic mass is 19.1. The van der Waals surface area contributed by atoms with Crippen molar-refractivity contribution in [3.8, 4) is 5.75 Å². The summed E-state index contributed by atoms with van der Waals surface area (Å²) in [5, 5.41) is 0.551. The number of carbonyl (C=O) groups excluding carboxylic acids is 1. The number of aldehydes is 1. The Morgan fingerprint density at radius 3 is 2.88 bits per heavy atom. The van der Waals surface area contributed by atoms with Crippen molar-refractivity contribution < 1.29 is 13.9 Å². The van der Waals surface area contributed by atoms with Gasteiger partial charge >= 0.3 is 0 Å². The first kappa shape index (κ1) is 16.0. The minimum absolute atomic E-state index is 0.199. The lowest BCUT2D eigenvalue weighted by molar-refractivity contribution is 0.112. The molecule has 0 bridgehead atoms. The van der Waals surface area contributed by atoms with Gasteiger partial charge in [-0.05, 0) is 24.6 Å². The van der Waals surface area contributed by atoms with Crippen molar-refractivity contribution in [3.63, 3.8) is 0 Å². The highest BCUT2D eigenvalue weighted by Crippen LogP contribution is 2.22. The number of benzene rings is 1. The van der Waals surface area contributed by atoms with E-state index in [-0.39, 0.29) is 11.2 Å². The van der Waals surface area contributed by atoms with Crippen LogP contribution in [-0.2, 0) is 6.54 Å². The number of hydrogen-bond acceptors (Lipinski definition) is 3. The minimum atomic E-state index is -0.394. The maximum atomic E-state index is 13.4. The molecular formula is C18H17FN2O3. The van der Waals surface area contributed by atoms with Gasteiger partial charge in [-0.1, -0.05) is 6.92 Å². The number of fused-ring (bicyclic) bond motifs is 1. The van der Waals surface area contributed by atoms with E-state index in [1.165, 1.54) is 18.2 Å². The lowest BCUT2D eigenvalue weighted by Gasteiger charge is -2.08. The van der Waals surface area contributed by atoms with E-state index in [0.29, 0.717) is 36.1 Å². The summed E-state index contributed by atoms with van der Waals surface area (Å²) in [7, 11) is 0. The zero-order valence-corrected chi connectivity index (χ0v) is 13.2. The number of H-pyrrole nitrogens is 1. The molecule has 0 saturated carbocycles. The molecule has 0 atom stereocenters. The summed E-state index contributed by atoms with van der Waals surface area (Å²) in [5.74, 6) is -0.109. The Balaban J connectivity index is 1.94. The maximum Gasteiger partial charge on any atom is 0.223 e. The van der Waals surface area contributed by atoms with E-state index in [1.54, 1.807) is 23.0 Å². The molecule has 1 aromatic carbocycles. The number of pyridine rings is 1. The number of nitrogens with zero attached hydrogens (tertiary/aromatic N) is 1. The van der Waals surface area contributed by atoms with Crippen LogP contribution in [0.25, 0.3) is 10.9 Å². The summed E-state index contributed by atoms with van der Waals surface area (Å²) < 4.78 is 20.6. The first-order valence-corrected chi connectivity index (χ1v) is 7.70. The number of aromatic amines is 1. The molecule has 0 radical (unpaired) electrons. The van der Waals surface area contributed by atoms with E-state index >= 15 is 0 Å². The molecule has 124 valence electrons. The molecule has 6 heteroatoms. The molecule has 1 N–H and O–H groups in total. The summed E-state index contributed by atoms with van der Waals surface area (Å²) in [5.41, 5.74) is 1.61. The molecular weight excluding hydrogens is 311 g/mol. The zero-order chi connectivity index (χ0) is 17.1. The van der Waals surface area contributed by atoms with Crippen LogP contribution in [0.2, 0.25) is 0 Å². The molecule has 0 amide bonds. The standard InChI is InChI=1S/C18H17FN2O3/c1-2-5-24-18-8-20-14(7-17(18)23)10-21-9-12(11-22)15-6-13(19)3-4-16(15)21/h3-4,6-9,11H,2,5,10H2,1H3,(H,20,23). The van der Waals surface area contributed by atoms with E-state index in [9.17, 15) is 14.0 Å². The van der Waals surface area contributed by atoms with E-state index in [0.717, 1.165) is 11.9 Å². The van der Waals surface area contributed by atoms with Crippen molar-refractivity contribution in [2.24, 2.45) is 0 Å². The fourth-order valence-electron chi connectivity index (χ4n) is 2.62. The second kappa shape index (κ2) is 6.70. The number of ether oxygens (including phenoxy) is 1. The third-order valence-electron chi connectivity index (χ3n) is 3.74. The summed E-state index contributed by atoms with van der Waals surface area (Å²) in [6, 6.07) is 5.77. The molecule has 0 unspecified atom stereocenters. The van der Waals surface area contributed by atoms with Crippen molar-refractivity contribution in [1.29, 1.82) is 0 Å². The number of rotatable bonds is 6. The molecule has 5 nitrogen and oxygen atoms in total. The predicted molar refractivity (Wildman–Crippen MR) is 89.2 cm³/mol. The third kappa shape index (κ3) is 3.08. The zero-order valence-electron chi connectivity index (χ0n) is 13.2. The Labute approximate surface area is 137 Å². The SMILES string of the molecule is CCCOc1c[nH]c(Cn2cc(C=O)c3cc(F)ccc32)cc1=O. The van der Waals surface area contributed by atoms with Crippen molar-refractivity contribution in [2.75, 3.05) is 6.61 Å². The maximum absolute atomic E-state index is 13.4. The van der Waals surface area contributed by atoms with Gasteiger partial charge in [0.1, 0.15) is 5.82 Å². The van der Waals surface area contributed by atoms with Crippen LogP contribution < -0.4 is 10.2 Å². The Morgan fingerprint density at radius 1 is 1.33 bits per heavy atom. The summed E-state index contributed by atoms with van der Waals surface area (Å²) in [6.07, 6.45) is 4.71. The quantitative estimate of drug-likeness (QED) is 0.707. The number of nitrogens with one attached hydrogen (secondary N) is 1.